The Balaban J connectivity index is 2.28. The van der Waals surface area contributed by atoms with E-state index in [0.29, 0.717) is 27.6 Å². The first kappa shape index (κ1) is 15.5. The second-order valence-electron chi connectivity index (χ2n) is 4.32. The lowest BCUT2D eigenvalue weighted by molar-refractivity contribution is 0.413. The zero-order chi connectivity index (χ0) is 15.4. The minimum absolute atomic E-state index is 0.291. The molecule has 6 heteroatoms. The molecule has 108 valence electrons. The molecule has 0 saturated carbocycles. The van der Waals surface area contributed by atoms with Crippen molar-refractivity contribution in [2.45, 2.75) is 10.6 Å². The van der Waals surface area contributed by atoms with Crippen molar-refractivity contribution < 1.29 is 8.95 Å². The molecule has 2 rings (SSSR count). The van der Waals surface area contributed by atoms with Crippen molar-refractivity contribution in [3.63, 3.8) is 0 Å². The highest BCUT2D eigenvalue weighted by Crippen LogP contribution is 2.25. The first-order chi connectivity index (χ1) is 10.0. The summed E-state index contributed by atoms with van der Waals surface area (Å²) in [7, 11) is 0.230. The zero-order valence-corrected chi connectivity index (χ0v) is 13.7. The molecule has 0 spiro atoms. The Kier molecular flexibility index (Phi) is 4.99. The molecule has 0 aliphatic carbocycles. The van der Waals surface area contributed by atoms with Gasteiger partial charge in [-0.1, -0.05) is 22.0 Å². The van der Waals surface area contributed by atoms with E-state index in [9.17, 15) is 4.21 Å². The third kappa shape index (κ3) is 3.63. The second kappa shape index (κ2) is 6.74. The average Bonchev–Trinajstić information content (AvgIpc) is 2.49. The average molecular weight is 365 g/mol. The van der Waals surface area contributed by atoms with Gasteiger partial charge in [-0.15, -0.1) is 0 Å². The smallest absolute Gasteiger partial charge is 0.136 e. The lowest BCUT2D eigenvalue weighted by Crippen LogP contribution is -2.01. The van der Waals surface area contributed by atoms with Gasteiger partial charge in [-0.3, -0.25) is 4.21 Å². The van der Waals surface area contributed by atoms with Crippen LogP contribution in [-0.4, -0.2) is 11.3 Å². The first-order valence-corrected chi connectivity index (χ1v) is 8.16. The molecule has 4 nitrogen and oxygen atoms in total. The predicted octanol–water partition coefficient (Wildman–Crippen LogP) is 3.22. The molecule has 0 radical (unpaired) electrons. The zero-order valence-electron chi connectivity index (χ0n) is 11.3. The summed E-state index contributed by atoms with van der Waals surface area (Å²) in [6.45, 7) is 0. The Morgan fingerprint density at radius 2 is 2.10 bits per heavy atom. The molecule has 0 heterocycles. The summed E-state index contributed by atoms with van der Waals surface area (Å²) in [5.74, 6) is 0.799. The molecule has 21 heavy (non-hydrogen) atoms. The highest BCUT2D eigenvalue weighted by Gasteiger charge is 2.11. The Morgan fingerprint density at radius 1 is 1.33 bits per heavy atom. The maximum absolute atomic E-state index is 12.4. The predicted molar refractivity (Wildman–Crippen MR) is 86.4 cm³/mol. The number of methoxy groups -OCH3 is 1. The molecule has 2 aromatic rings. The van der Waals surface area contributed by atoms with Crippen LogP contribution < -0.4 is 10.5 Å². The number of hydrogen-bond acceptors (Lipinski definition) is 4. The SMILES string of the molecule is COc1ccc(CS(=O)c2cc(Br)ccc2N)cc1C#N. The van der Waals surface area contributed by atoms with Gasteiger partial charge in [-0.05, 0) is 35.9 Å². The summed E-state index contributed by atoms with van der Waals surface area (Å²) in [6.07, 6.45) is 0. The lowest BCUT2D eigenvalue weighted by atomic mass is 10.1. The summed E-state index contributed by atoms with van der Waals surface area (Å²) in [5.41, 5.74) is 7.57. The van der Waals surface area contributed by atoms with E-state index in [2.05, 4.69) is 22.0 Å². The van der Waals surface area contributed by atoms with Gasteiger partial charge in [0.15, 0.2) is 0 Å². The highest BCUT2D eigenvalue weighted by molar-refractivity contribution is 9.10. The quantitative estimate of drug-likeness (QED) is 0.844. The number of benzene rings is 2. The van der Waals surface area contributed by atoms with E-state index < -0.39 is 10.8 Å². The Hall–Kier alpha value is -1.84. The lowest BCUT2D eigenvalue weighted by Gasteiger charge is -2.08. The van der Waals surface area contributed by atoms with Crippen molar-refractivity contribution in [3.8, 4) is 11.8 Å². The summed E-state index contributed by atoms with van der Waals surface area (Å²) in [5, 5.41) is 9.07. The van der Waals surface area contributed by atoms with Crippen LogP contribution in [0.1, 0.15) is 11.1 Å². The fraction of sp³-hybridized carbons (Fsp3) is 0.133. The molecule has 1 unspecified atom stereocenters. The van der Waals surface area contributed by atoms with Crippen LogP contribution in [0.25, 0.3) is 0 Å². The molecule has 2 N–H and O–H groups in total. The third-order valence-electron chi connectivity index (χ3n) is 2.90. The molecule has 0 amide bonds. The number of anilines is 1. The van der Waals surface area contributed by atoms with E-state index in [1.807, 2.05) is 0 Å². The summed E-state index contributed by atoms with van der Waals surface area (Å²) >= 11 is 3.34. The number of nitrogens with zero attached hydrogens (tertiary/aromatic N) is 1. The minimum atomic E-state index is -1.28. The van der Waals surface area contributed by atoms with Crippen molar-refractivity contribution in [1.82, 2.24) is 0 Å². The fourth-order valence-corrected chi connectivity index (χ4v) is 3.61. The number of halogens is 1. The van der Waals surface area contributed by atoms with Crippen LogP contribution in [0.4, 0.5) is 5.69 Å². The number of ether oxygens (including phenoxy) is 1. The van der Waals surface area contributed by atoms with E-state index in [1.165, 1.54) is 7.11 Å². The van der Waals surface area contributed by atoms with E-state index >= 15 is 0 Å². The van der Waals surface area contributed by atoms with Gasteiger partial charge in [0.2, 0.25) is 0 Å². The normalized spacial score (nSPS) is 11.7. The number of nitrogen functional groups attached to an aromatic ring is 1. The molecule has 1 atom stereocenters. The molecule has 2 aromatic carbocycles. The molecule has 0 aliphatic rings. The topological polar surface area (TPSA) is 76.1 Å². The van der Waals surface area contributed by atoms with Gasteiger partial charge < -0.3 is 10.5 Å². The Bertz CT molecular complexity index is 741. The van der Waals surface area contributed by atoms with Gasteiger partial charge >= 0.3 is 0 Å². The van der Waals surface area contributed by atoms with Crippen molar-refractivity contribution in [3.05, 3.63) is 52.0 Å². The van der Waals surface area contributed by atoms with E-state index in [1.54, 1.807) is 36.4 Å². The minimum Gasteiger partial charge on any atom is -0.495 e. The van der Waals surface area contributed by atoms with Crippen molar-refractivity contribution in [1.29, 1.82) is 5.26 Å². The van der Waals surface area contributed by atoms with Crippen molar-refractivity contribution in [2.24, 2.45) is 0 Å². The standard InChI is InChI=1S/C15H13BrN2O2S/c1-20-14-5-2-10(6-11(14)8-17)9-21(19)15-7-12(16)3-4-13(15)18/h2-7H,9,18H2,1H3. The number of rotatable bonds is 4. The van der Waals surface area contributed by atoms with Crippen LogP contribution in [0.3, 0.4) is 0 Å². The van der Waals surface area contributed by atoms with Crippen molar-refractivity contribution >= 4 is 32.4 Å². The fourth-order valence-electron chi connectivity index (χ4n) is 1.87. The van der Waals surface area contributed by atoms with Crippen LogP contribution in [0.15, 0.2) is 45.8 Å². The summed E-state index contributed by atoms with van der Waals surface area (Å²) in [6, 6.07) is 12.5. The van der Waals surface area contributed by atoms with Gasteiger partial charge in [-0.2, -0.15) is 5.26 Å². The van der Waals surface area contributed by atoms with Gasteiger partial charge in [0.25, 0.3) is 0 Å². The Labute approximate surface area is 134 Å². The molecule has 0 saturated heterocycles. The maximum atomic E-state index is 12.4. The van der Waals surface area contributed by atoms with E-state index in [-0.39, 0.29) is 0 Å². The van der Waals surface area contributed by atoms with Gasteiger partial charge in [-0.25, -0.2) is 0 Å². The van der Waals surface area contributed by atoms with E-state index in [0.717, 1.165) is 10.0 Å². The number of nitriles is 1. The molecule has 0 bridgehead atoms. The highest BCUT2D eigenvalue weighted by atomic mass is 79.9. The molecular weight excluding hydrogens is 352 g/mol. The summed E-state index contributed by atoms with van der Waals surface area (Å²) < 4.78 is 18.4. The van der Waals surface area contributed by atoms with Crippen molar-refractivity contribution in [2.75, 3.05) is 12.8 Å². The third-order valence-corrected chi connectivity index (χ3v) is 4.84. The number of hydrogen-bond donors (Lipinski definition) is 1. The van der Waals surface area contributed by atoms with Gasteiger partial charge in [0.05, 0.1) is 34.1 Å². The van der Waals surface area contributed by atoms with Gasteiger partial charge in [0.1, 0.15) is 11.8 Å². The monoisotopic (exact) mass is 364 g/mol. The van der Waals surface area contributed by atoms with Gasteiger partial charge in [0, 0.05) is 10.2 Å². The van der Waals surface area contributed by atoms with Crippen LogP contribution in [0.5, 0.6) is 5.75 Å². The molecule has 0 aliphatic heterocycles. The van der Waals surface area contributed by atoms with Crippen LogP contribution >= 0.6 is 15.9 Å². The maximum Gasteiger partial charge on any atom is 0.136 e. The van der Waals surface area contributed by atoms with E-state index in [4.69, 9.17) is 15.7 Å². The van der Waals surface area contributed by atoms with Crippen LogP contribution in [-0.2, 0) is 16.6 Å². The Morgan fingerprint density at radius 3 is 2.76 bits per heavy atom. The van der Waals surface area contributed by atoms with Crippen LogP contribution in [0, 0.1) is 11.3 Å². The summed E-state index contributed by atoms with van der Waals surface area (Å²) in [4.78, 5) is 0.582. The first-order valence-electron chi connectivity index (χ1n) is 6.05. The largest absolute Gasteiger partial charge is 0.495 e. The van der Waals surface area contributed by atoms with Crippen LogP contribution in [0.2, 0.25) is 0 Å². The number of nitrogens with two attached hydrogens (primary N) is 1. The second-order valence-corrected chi connectivity index (χ2v) is 6.65. The molecular formula is C15H13BrN2O2S. The molecule has 0 aromatic heterocycles. The molecule has 0 fully saturated rings.